The molecular weight excluding hydrogens is 294 g/mol. The Kier molecular flexibility index (Phi) is 5.85. The van der Waals surface area contributed by atoms with Crippen LogP contribution in [0.3, 0.4) is 0 Å². The van der Waals surface area contributed by atoms with Crippen LogP contribution in [-0.4, -0.2) is 33.4 Å². The maximum atomic E-state index is 11.9. The Bertz CT molecular complexity index is 681. The molecule has 2 N–H and O–H groups in total. The third kappa shape index (κ3) is 5.21. The minimum atomic E-state index is -0.142. The molecule has 0 unspecified atom stereocenters. The van der Waals surface area contributed by atoms with Crippen molar-refractivity contribution in [2.24, 2.45) is 0 Å². The standard InChI is InChI=1S/C16H21N5O2/c1-3-15(22)18-14-10-21(20-19-14)11-16(23)17-9-8-13-7-5-4-6-12(13)2/h4-7,10H,3,8-9,11H2,1-2H3,(H,17,23)(H,18,22). The average Bonchev–Trinajstić information content (AvgIpc) is 2.96. The minimum Gasteiger partial charge on any atom is -0.354 e. The molecule has 0 aliphatic carbocycles. The second kappa shape index (κ2) is 8.07. The highest BCUT2D eigenvalue weighted by atomic mass is 16.2. The van der Waals surface area contributed by atoms with E-state index in [0.717, 1.165) is 6.42 Å². The summed E-state index contributed by atoms with van der Waals surface area (Å²) in [4.78, 5) is 23.1. The van der Waals surface area contributed by atoms with Crippen LogP contribution in [0.2, 0.25) is 0 Å². The molecule has 23 heavy (non-hydrogen) atoms. The van der Waals surface area contributed by atoms with Crippen molar-refractivity contribution < 1.29 is 9.59 Å². The van der Waals surface area contributed by atoms with Crippen molar-refractivity contribution in [1.29, 1.82) is 0 Å². The van der Waals surface area contributed by atoms with E-state index in [2.05, 4.69) is 40.0 Å². The second-order valence-corrected chi connectivity index (χ2v) is 5.23. The van der Waals surface area contributed by atoms with Crippen molar-refractivity contribution in [2.75, 3.05) is 11.9 Å². The van der Waals surface area contributed by atoms with Gasteiger partial charge in [0.1, 0.15) is 6.54 Å². The maximum Gasteiger partial charge on any atom is 0.241 e. The molecule has 0 atom stereocenters. The van der Waals surface area contributed by atoms with Crippen molar-refractivity contribution in [3.05, 3.63) is 41.6 Å². The van der Waals surface area contributed by atoms with E-state index in [-0.39, 0.29) is 18.4 Å². The van der Waals surface area contributed by atoms with Crippen LogP contribution >= 0.6 is 0 Å². The lowest BCUT2D eigenvalue weighted by Crippen LogP contribution is -2.29. The van der Waals surface area contributed by atoms with Crippen molar-refractivity contribution >= 4 is 17.6 Å². The van der Waals surface area contributed by atoms with Crippen LogP contribution in [0.25, 0.3) is 0 Å². The molecule has 2 rings (SSSR count). The number of benzene rings is 1. The summed E-state index contributed by atoms with van der Waals surface area (Å²) in [6, 6.07) is 8.10. The molecule has 0 saturated carbocycles. The highest BCUT2D eigenvalue weighted by Gasteiger charge is 2.07. The third-order valence-corrected chi connectivity index (χ3v) is 3.41. The molecule has 0 saturated heterocycles. The molecule has 2 aromatic rings. The Balaban J connectivity index is 1.77. The van der Waals surface area contributed by atoms with E-state index in [0.29, 0.717) is 18.8 Å². The van der Waals surface area contributed by atoms with Gasteiger partial charge in [0.15, 0.2) is 5.82 Å². The smallest absolute Gasteiger partial charge is 0.241 e. The summed E-state index contributed by atoms with van der Waals surface area (Å²) in [7, 11) is 0. The Morgan fingerprint density at radius 3 is 2.74 bits per heavy atom. The van der Waals surface area contributed by atoms with E-state index in [1.54, 1.807) is 6.92 Å². The molecule has 2 amide bonds. The second-order valence-electron chi connectivity index (χ2n) is 5.23. The highest BCUT2D eigenvalue weighted by Crippen LogP contribution is 2.06. The zero-order chi connectivity index (χ0) is 16.7. The highest BCUT2D eigenvalue weighted by molar-refractivity contribution is 5.89. The van der Waals surface area contributed by atoms with E-state index in [4.69, 9.17) is 0 Å². The topological polar surface area (TPSA) is 88.9 Å². The number of nitrogens with one attached hydrogen (secondary N) is 2. The van der Waals surface area contributed by atoms with E-state index in [1.165, 1.54) is 22.0 Å². The summed E-state index contributed by atoms with van der Waals surface area (Å²) in [5, 5.41) is 13.1. The number of nitrogens with zero attached hydrogens (tertiary/aromatic N) is 3. The molecule has 0 fully saturated rings. The number of aromatic nitrogens is 3. The Hall–Kier alpha value is -2.70. The summed E-state index contributed by atoms with van der Waals surface area (Å²) in [5.74, 6) is 0.0705. The van der Waals surface area contributed by atoms with Gasteiger partial charge < -0.3 is 10.6 Å². The molecule has 0 spiro atoms. The fourth-order valence-corrected chi connectivity index (χ4v) is 2.09. The molecule has 1 heterocycles. The van der Waals surface area contributed by atoms with Crippen LogP contribution < -0.4 is 10.6 Å². The molecule has 122 valence electrons. The number of aryl methyl sites for hydroxylation is 1. The molecule has 1 aromatic heterocycles. The quantitative estimate of drug-likeness (QED) is 0.806. The predicted octanol–water partition coefficient (Wildman–Crippen LogP) is 1.29. The van der Waals surface area contributed by atoms with Crippen LogP contribution in [0.15, 0.2) is 30.5 Å². The van der Waals surface area contributed by atoms with Crippen molar-refractivity contribution in [3.63, 3.8) is 0 Å². The van der Waals surface area contributed by atoms with Gasteiger partial charge in [-0.2, -0.15) is 0 Å². The van der Waals surface area contributed by atoms with Gasteiger partial charge in [-0.25, -0.2) is 4.68 Å². The Morgan fingerprint density at radius 1 is 1.22 bits per heavy atom. The van der Waals surface area contributed by atoms with Gasteiger partial charge in [-0.3, -0.25) is 9.59 Å². The maximum absolute atomic E-state index is 11.9. The molecular formula is C16H21N5O2. The Labute approximate surface area is 135 Å². The molecule has 0 radical (unpaired) electrons. The molecule has 1 aromatic carbocycles. The number of hydrogen-bond acceptors (Lipinski definition) is 4. The number of hydrogen-bond donors (Lipinski definition) is 2. The molecule has 7 heteroatoms. The number of carbonyl (C=O) groups excluding carboxylic acids is 2. The summed E-state index contributed by atoms with van der Waals surface area (Å²) in [5.41, 5.74) is 2.44. The first-order valence-corrected chi connectivity index (χ1v) is 7.59. The summed E-state index contributed by atoms with van der Waals surface area (Å²) >= 11 is 0. The van der Waals surface area contributed by atoms with Crippen LogP contribution in [0.5, 0.6) is 0 Å². The summed E-state index contributed by atoms with van der Waals surface area (Å²) in [6.45, 7) is 4.45. The lowest BCUT2D eigenvalue weighted by molar-refractivity contribution is -0.121. The minimum absolute atomic E-state index is 0.0722. The van der Waals surface area contributed by atoms with Crippen molar-refractivity contribution in [2.45, 2.75) is 33.2 Å². The van der Waals surface area contributed by atoms with E-state index in [9.17, 15) is 9.59 Å². The molecule has 0 aliphatic heterocycles. The third-order valence-electron chi connectivity index (χ3n) is 3.41. The average molecular weight is 315 g/mol. The monoisotopic (exact) mass is 315 g/mol. The van der Waals surface area contributed by atoms with Gasteiger partial charge in [-0.05, 0) is 24.5 Å². The zero-order valence-corrected chi connectivity index (χ0v) is 13.4. The van der Waals surface area contributed by atoms with Crippen LogP contribution in [0.1, 0.15) is 24.5 Å². The fraction of sp³-hybridized carbons (Fsp3) is 0.375. The van der Waals surface area contributed by atoms with E-state index >= 15 is 0 Å². The number of carbonyl (C=O) groups is 2. The number of rotatable bonds is 7. The van der Waals surface area contributed by atoms with Crippen LogP contribution in [0, 0.1) is 6.92 Å². The van der Waals surface area contributed by atoms with Gasteiger partial charge in [0, 0.05) is 13.0 Å². The first-order chi connectivity index (χ1) is 11.1. The van der Waals surface area contributed by atoms with Gasteiger partial charge in [-0.1, -0.05) is 36.4 Å². The summed E-state index contributed by atoms with van der Waals surface area (Å²) in [6.07, 6.45) is 2.69. The molecule has 0 bridgehead atoms. The van der Waals surface area contributed by atoms with Crippen molar-refractivity contribution in [1.82, 2.24) is 20.3 Å². The van der Waals surface area contributed by atoms with Crippen LogP contribution in [-0.2, 0) is 22.6 Å². The van der Waals surface area contributed by atoms with E-state index < -0.39 is 0 Å². The first-order valence-electron chi connectivity index (χ1n) is 7.59. The molecule has 0 aliphatic rings. The SMILES string of the molecule is CCC(=O)Nc1cn(CC(=O)NCCc2ccccc2C)nn1. The lowest BCUT2D eigenvalue weighted by Gasteiger charge is -2.07. The number of anilines is 1. The number of amides is 2. The Morgan fingerprint density at radius 2 is 2.00 bits per heavy atom. The van der Waals surface area contributed by atoms with E-state index in [1.807, 2.05) is 12.1 Å². The molecule has 7 nitrogen and oxygen atoms in total. The summed E-state index contributed by atoms with van der Waals surface area (Å²) < 4.78 is 1.40. The lowest BCUT2D eigenvalue weighted by atomic mass is 10.1. The largest absolute Gasteiger partial charge is 0.354 e. The van der Waals surface area contributed by atoms with Gasteiger partial charge in [-0.15, -0.1) is 5.10 Å². The van der Waals surface area contributed by atoms with Gasteiger partial charge in [0.05, 0.1) is 6.20 Å². The van der Waals surface area contributed by atoms with Gasteiger partial charge >= 0.3 is 0 Å². The fourth-order valence-electron chi connectivity index (χ4n) is 2.09. The first kappa shape index (κ1) is 16.7. The zero-order valence-electron chi connectivity index (χ0n) is 13.4. The van der Waals surface area contributed by atoms with Crippen molar-refractivity contribution in [3.8, 4) is 0 Å². The predicted molar refractivity (Wildman–Crippen MR) is 86.8 cm³/mol. The van der Waals surface area contributed by atoms with Crippen LogP contribution in [0.4, 0.5) is 5.82 Å². The van der Waals surface area contributed by atoms with Gasteiger partial charge in [0.25, 0.3) is 0 Å². The normalized spacial score (nSPS) is 10.3. The van der Waals surface area contributed by atoms with Gasteiger partial charge in [0.2, 0.25) is 11.8 Å².